The zero-order valence-corrected chi connectivity index (χ0v) is 9.69. The molecule has 88 valence electrons. The highest BCUT2D eigenvalue weighted by atomic mass is 16.3. The summed E-state index contributed by atoms with van der Waals surface area (Å²) in [7, 11) is 0. The number of nitrogen functional groups attached to an aromatic ring is 1. The summed E-state index contributed by atoms with van der Waals surface area (Å²) in [6.45, 7) is 4.52. The average Bonchev–Trinajstić information content (AvgIpc) is 2.20. The predicted octanol–water partition coefficient (Wildman–Crippen LogP) is 1.01. The van der Waals surface area contributed by atoms with Gasteiger partial charge in [0.15, 0.2) is 0 Å². The standard InChI is InChI=1S/C12H19N3O/c1-12(16)5-2-6-15(9-12)8-10-3-4-11(13)14-7-10/h3-4,7,16H,2,5-6,8-9H2,1H3,(H2,13,14). The van der Waals surface area contributed by atoms with Gasteiger partial charge < -0.3 is 10.8 Å². The summed E-state index contributed by atoms with van der Waals surface area (Å²) in [6.07, 6.45) is 3.75. The smallest absolute Gasteiger partial charge is 0.123 e. The number of aliphatic hydroxyl groups is 1. The van der Waals surface area contributed by atoms with Crippen molar-refractivity contribution in [3.8, 4) is 0 Å². The fourth-order valence-electron chi connectivity index (χ4n) is 2.25. The molecule has 0 radical (unpaired) electrons. The van der Waals surface area contributed by atoms with Crippen LogP contribution >= 0.6 is 0 Å². The van der Waals surface area contributed by atoms with Gasteiger partial charge in [-0.2, -0.15) is 0 Å². The van der Waals surface area contributed by atoms with E-state index in [0.717, 1.165) is 38.0 Å². The first-order chi connectivity index (χ1) is 7.55. The largest absolute Gasteiger partial charge is 0.389 e. The molecule has 0 aromatic carbocycles. The maximum absolute atomic E-state index is 9.99. The first kappa shape index (κ1) is 11.4. The lowest BCUT2D eigenvalue weighted by molar-refractivity contribution is -0.0181. The second-order valence-electron chi connectivity index (χ2n) is 4.90. The van der Waals surface area contributed by atoms with Crippen LogP contribution in [-0.2, 0) is 6.54 Å². The molecule has 1 aromatic heterocycles. The number of pyridine rings is 1. The Bertz CT molecular complexity index is 348. The number of β-amino-alcohol motifs (C(OH)–C–C–N with tert-alkyl or cyclic N) is 1. The summed E-state index contributed by atoms with van der Waals surface area (Å²) >= 11 is 0. The third-order valence-electron chi connectivity index (χ3n) is 3.01. The fraction of sp³-hybridized carbons (Fsp3) is 0.583. The van der Waals surface area contributed by atoms with Gasteiger partial charge >= 0.3 is 0 Å². The van der Waals surface area contributed by atoms with Gasteiger partial charge in [-0.1, -0.05) is 6.07 Å². The Morgan fingerprint density at radius 3 is 3.00 bits per heavy atom. The molecule has 2 heterocycles. The average molecular weight is 221 g/mol. The van der Waals surface area contributed by atoms with Crippen LogP contribution in [-0.4, -0.2) is 33.7 Å². The van der Waals surface area contributed by atoms with Gasteiger partial charge in [0.1, 0.15) is 5.82 Å². The topological polar surface area (TPSA) is 62.4 Å². The molecule has 1 aliphatic rings. The highest BCUT2D eigenvalue weighted by molar-refractivity contribution is 5.29. The lowest BCUT2D eigenvalue weighted by atomic mass is 9.95. The number of nitrogens with zero attached hydrogens (tertiary/aromatic N) is 2. The van der Waals surface area contributed by atoms with E-state index in [2.05, 4.69) is 9.88 Å². The summed E-state index contributed by atoms with van der Waals surface area (Å²) in [4.78, 5) is 6.33. The van der Waals surface area contributed by atoms with Crippen LogP contribution in [0.2, 0.25) is 0 Å². The third kappa shape index (κ3) is 2.93. The van der Waals surface area contributed by atoms with E-state index in [9.17, 15) is 5.11 Å². The summed E-state index contributed by atoms with van der Waals surface area (Å²) in [5.74, 6) is 0.550. The van der Waals surface area contributed by atoms with Crippen molar-refractivity contribution in [2.24, 2.45) is 0 Å². The molecule has 0 amide bonds. The van der Waals surface area contributed by atoms with Crippen molar-refractivity contribution in [1.29, 1.82) is 0 Å². The van der Waals surface area contributed by atoms with Crippen molar-refractivity contribution in [2.45, 2.75) is 31.9 Å². The van der Waals surface area contributed by atoms with Crippen LogP contribution in [0.25, 0.3) is 0 Å². The molecular weight excluding hydrogens is 202 g/mol. The summed E-state index contributed by atoms with van der Waals surface area (Å²) in [5.41, 5.74) is 6.14. The van der Waals surface area contributed by atoms with E-state index in [1.54, 1.807) is 6.20 Å². The zero-order chi connectivity index (χ0) is 11.6. The van der Waals surface area contributed by atoms with E-state index in [1.165, 1.54) is 0 Å². The fourth-order valence-corrected chi connectivity index (χ4v) is 2.25. The van der Waals surface area contributed by atoms with Gasteiger partial charge in [0, 0.05) is 19.3 Å². The lowest BCUT2D eigenvalue weighted by Gasteiger charge is -2.36. The van der Waals surface area contributed by atoms with Crippen LogP contribution in [0.15, 0.2) is 18.3 Å². The summed E-state index contributed by atoms with van der Waals surface area (Å²) < 4.78 is 0. The third-order valence-corrected chi connectivity index (χ3v) is 3.01. The van der Waals surface area contributed by atoms with E-state index < -0.39 is 5.60 Å². The molecule has 1 unspecified atom stereocenters. The van der Waals surface area contributed by atoms with Crippen LogP contribution in [0.5, 0.6) is 0 Å². The van der Waals surface area contributed by atoms with Crippen molar-refractivity contribution in [3.63, 3.8) is 0 Å². The van der Waals surface area contributed by atoms with Gasteiger partial charge in [-0.05, 0) is 37.9 Å². The normalized spacial score (nSPS) is 26.9. The molecule has 1 aromatic rings. The Morgan fingerprint density at radius 1 is 1.56 bits per heavy atom. The molecule has 1 saturated heterocycles. The Kier molecular flexibility index (Phi) is 3.12. The number of hydrogen-bond donors (Lipinski definition) is 2. The van der Waals surface area contributed by atoms with Crippen molar-refractivity contribution >= 4 is 5.82 Å². The second kappa shape index (κ2) is 4.39. The molecule has 0 bridgehead atoms. The minimum absolute atomic E-state index is 0.542. The highest BCUT2D eigenvalue weighted by Crippen LogP contribution is 2.21. The van der Waals surface area contributed by atoms with Crippen molar-refractivity contribution in [1.82, 2.24) is 9.88 Å². The Balaban J connectivity index is 1.97. The maximum Gasteiger partial charge on any atom is 0.123 e. The summed E-state index contributed by atoms with van der Waals surface area (Å²) in [6, 6.07) is 3.81. The molecule has 1 atom stereocenters. The molecule has 1 fully saturated rings. The molecule has 16 heavy (non-hydrogen) atoms. The van der Waals surface area contributed by atoms with Crippen molar-refractivity contribution in [2.75, 3.05) is 18.8 Å². The minimum Gasteiger partial charge on any atom is -0.389 e. The van der Waals surface area contributed by atoms with Crippen LogP contribution in [0.4, 0.5) is 5.82 Å². The zero-order valence-electron chi connectivity index (χ0n) is 9.69. The number of anilines is 1. The van der Waals surface area contributed by atoms with Crippen LogP contribution in [0.1, 0.15) is 25.3 Å². The van der Waals surface area contributed by atoms with Gasteiger partial charge in [-0.15, -0.1) is 0 Å². The number of aromatic nitrogens is 1. The predicted molar refractivity (Wildman–Crippen MR) is 63.8 cm³/mol. The molecule has 4 nitrogen and oxygen atoms in total. The van der Waals surface area contributed by atoms with E-state index in [1.807, 2.05) is 19.1 Å². The Morgan fingerprint density at radius 2 is 2.38 bits per heavy atom. The van der Waals surface area contributed by atoms with Crippen molar-refractivity contribution in [3.05, 3.63) is 23.9 Å². The van der Waals surface area contributed by atoms with Gasteiger partial charge in [0.25, 0.3) is 0 Å². The van der Waals surface area contributed by atoms with Crippen LogP contribution in [0, 0.1) is 0 Å². The molecule has 3 N–H and O–H groups in total. The first-order valence-electron chi connectivity index (χ1n) is 5.70. The van der Waals surface area contributed by atoms with Gasteiger partial charge in [-0.3, -0.25) is 4.90 Å². The van der Waals surface area contributed by atoms with E-state index in [4.69, 9.17) is 5.73 Å². The molecule has 1 aliphatic heterocycles. The Hall–Kier alpha value is -1.13. The molecular formula is C12H19N3O. The number of nitrogens with two attached hydrogens (primary N) is 1. The summed E-state index contributed by atoms with van der Waals surface area (Å²) in [5, 5.41) is 9.99. The van der Waals surface area contributed by atoms with E-state index >= 15 is 0 Å². The van der Waals surface area contributed by atoms with Gasteiger partial charge in [0.05, 0.1) is 5.60 Å². The number of hydrogen-bond acceptors (Lipinski definition) is 4. The van der Waals surface area contributed by atoms with Gasteiger partial charge in [-0.25, -0.2) is 4.98 Å². The molecule has 0 aliphatic carbocycles. The van der Waals surface area contributed by atoms with Gasteiger partial charge in [0.2, 0.25) is 0 Å². The molecule has 2 rings (SSSR count). The molecule has 4 heteroatoms. The van der Waals surface area contributed by atoms with E-state index in [0.29, 0.717) is 5.82 Å². The van der Waals surface area contributed by atoms with Crippen molar-refractivity contribution < 1.29 is 5.11 Å². The number of rotatable bonds is 2. The SMILES string of the molecule is CC1(O)CCCN(Cc2ccc(N)nc2)C1. The lowest BCUT2D eigenvalue weighted by Crippen LogP contribution is -2.45. The second-order valence-corrected chi connectivity index (χ2v) is 4.90. The number of piperidine rings is 1. The first-order valence-corrected chi connectivity index (χ1v) is 5.70. The maximum atomic E-state index is 9.99. The quantitative estimate of drug-likeness (QED) is 0.782. The van der Waals surface area contributed by atoms with E-state index in [-0.39, 0.29) is 0 Å². The molecule has 0 saturated carbocycles. The molecule has 0 spiro atoms. The minimum atomic E-state index is -0.542. The van der Waals surface area contributed by atoms with Crippen LogP contribution < -0.4 is 5.73 Å². The highest BCUT2D eigenvalue weighted by Gasteiger charge is 2.28. The number of likely N-dealkylation sites (tertiary alicyclic amines) is 1. The monoisotopic (exact) mass is 221 g/mol. The van der Waals surface area contributed by atoms with Crippen LogP contribution in [0.3, 0.4) is 0 Å². The Labute approximate surface area is 96.1 Å².